The van der Waals surface area contributed by atoms with E-state index in [4.69, 9.17) is 0 Å². The average molecular weight is 526 g/mol. The summed E-state index contributed by atoms with van der Waals surface area (Å²) < 4.78 is 6.50. The second-order valence-electron chi connectivity index (χ2n) is 11.0. The van der Waals surface area contributed by atoms with Gasteiger partial charge in [-0.15, -0.1) is 0 Å². The molecule has 0 saturated carbocycles. The first kappa shape index (κ1) is 27.1. The van der Waals surface area contributed by atoms with Crippen LogP contribution in [0.25, 0.3) is 40.5 Å². The van der Waals surface area contributed by atoms with Crippen LogP contribution in [0.4, 0.5) is 0 Å². The molecule has 0 saturated heterocycles. The Bertz CT molecular complexity index is 1800. The zero-order valence-corrected chi connectivity index (χ0v) is 24.2. The number of para-hydroxylation sites is 1. The lowest BCUT2D eigenvalue weighted by molar-refractivity contribution is -0.721. The van der Waals surface area contributed by atoms with Crippen LogP contribution < -0.4 is 15.1 Å². The summed E-state index contributed by atoms with van der Waals surface area (Å²) in [6, 6.07) is 23.5. The van der Waals surface area contributed by atoms with Crippen molar-refractivity contribution in [2.24, 2.45) is 5.41 Å². The van der Waals surface area contributed by atoms with Gasteiger partial charge in [-0.3, -0.25) is 0 Å². The zero-order valence-electron chi connectivity index (χ0n) is 24.2. The van der Waals surface area contributed by atoms with Crippen molar-refractivity contribution in [1.82, 2.24) is 4.57 Å². The molecule has 2 aromatic heterocycles. The Labute approximate surface area is 238 Å². The van der Waals surface area contributed by atoms with Crippen LogP contribution in [0.5, 0.6) is 0 Å². The maximum absolute atomic E-state index is 4.58. The third-order valence-electron chi connectivity index (χ3n) is 9.31. The number of rotatable bonds is 8. The summed E-state index contributed by atoms with van der Waals surface area (Å²) >= 11 is 0. The van der Waals surface area contributed by atoms with Crippen LogP contribution >= 0.6 is 0 Å². The summed E-state index contributed by atoms with van der Waals surface area (Å²) in [4.78, 5) is 0. The van der Waals surface area contributed by atoms with E-state index in [0.29, 0.717) is 0 Å². The van der Waals surface area contributed by atoms with E-state index in [1.165, 1.54) is 22.2 Å². The smallest absolute Gasteiger partial charge is 0.213 e. The normalized spacial score (nSPS) is 17.9. The van der Waals surface area contributed by atoms with E-state index in [0.717, 1.165) is 27.4 Å². The fraction of sp³-hybridized carbons (Fsp3) is 0.189. The molecule has 3 heterocycles. The second-order valence-corrected chi connectivity index (χ2v) is 11.0. The maximum Gasteiger partial charge on any atom is 0.213 e. The van der Waals surface area contributed by atoms with Crippen molar-refractivity contribution in [1.29, 1.82) is 0 Å². The predicted octanol–water partition coefficient (Wildman–Crippen LogP) is 6.63. The van der Waals surface area contributed by atoms with Gasteiger partial charge in [0, 0.05) is 46.3 Å². The number of nitrogens with zero attached hydrogens (tertiary/aromatic N) is 3. The molecule has 200 valence electrons. The van der Waals surface area contributed by atoms with E-state index in [1.807, 2.05) is 10.7 Å². The Morgan fingerprint density at radius 3 is 2.38 bits per heavy atom. The van der Waals surface area contributed by atoms with Gasteiger partial charge in [-0.05, 0) is 57.7 Å². The molecule has 0 bridgehead atoms. The van der Waals surface area contributed by atoms with Crippen molar-refractivity contribution >= 4 is 36.0 Å². The second kappa shape index (κ2) is 9.91. The summed E-state index contributed by atoms with van der Waals surface area (Å²) in [6.45, 7) is 30.6. The molecular weight excluding hydrogens is 486 g/mol. The molecule has 0 fully saturated rings. The lowest BCUT2D eigenvalue weighted by Gasteiger charge is -2.43. The molecule has 3 unspecified atom stereocenters. The van der Waals surface area contributed by atoms with Gasteiger partial charge in [0.05, 0.1) is 11.1 Å². The van der Waals surface area contributed by atoms with Crippen molar-refractivity contribution in [2.75, 3.05) is 0 Å². The molecule has 0 N–H and O–H groups in total. The number of hydrogen-bond donors (Lipinski definition) is 0. The highest BCUT2D eigenvalue weighted by molar-refractivity contribution is 5.86. The van der Waals surface area contributed by atoms with Gasteiger partial charge in [0.2, 0.25) is 11.7 Å². The number of aromatic nitrogens is 2. The first-order valence-electron chi connectivity index (χ1n) is 13.7. The van der Waals surface area contributed by atoms with Gasteiger partial charge in [0.1, 0.15) is 12.1 Å². The minimum atomic E-state index is -0.605. The number of hydrogen-bond acceptors (Lipinski definition) is 0. The predicted molar refractivity (Wildman–Crippen MR) is 170 cm³/mol. The van der Waals surface area contributed by atoms with E-state index in [2.05, 4.69) is 155 Å². The fourth-order valence-electron chi connectivity index (χ4n) is 6.76. The minimum Gasteiger partial charge on any atom is -0.310 e. The molecular formula is C37H39N3+2. The van der Waals surface area contributed by atoms with Gasteiger partial charge in [0.25, 0.3) is 0 Å². The monoisotopic (exact) mass is 525 g/mol. The van der Waals surface area contributed by atoms with Gasteiger partial charge in [0.15, 0.2) is 17.9 Å². The van der Waals surface area contributed by atoms with Gasteiger partial charge in [-0.2, -0.15) is 4.57 Å². The summed E-state index contributed by atoms with van der Waals surface area (Å²) in [6.07, 6.45) is 10.3. The van der Waals surface area contributed by atoms with Crippen molar-refractivity contribution in [3.63, 3.8) is 0 Å². The SMILES string of the molecule is C=C[N+](=C)C(C)(C=C)C(C)(/C(C)=C/C(=C)n1c(=C)/c(=C\C)c2ccccc21)C1c2ccccc2-c2cccc[n+]21. The van der Waals surface area contributed by atoms with Crippen LogP contribution in [0.2, 0.25) is 0 Å². The molecule has 3 atom stereocenters. The minimum absolute atomic E-state index is 0.0312. The van der Waals surface area contributed by atoms with Gasteiger partial charge >= 0.3 is 0 Å². The molecule has 5 rings (SSSR count). The molecule has 4 aromatic rings. The Kier molecular flexibility index (Phi) is 6.71. The number of allylic oxidation sites excluding steroid dienone is 2. The molecule has 0 aliphatic carbocycles. The fourth-order valence-corrected chi connectivity index (χ4v) is 6.76. The molecule has 1 aliphatic rings. The van der Waals surface area contributed by atoms with E-state index < -0.39 is 11.0 Å². The van der Waals surface area contributed by atoms with Crippen molar-refractivity contribution in [2.45, 2.75) is 39.3 Å². The van der Waals surface area contributed by atoms with Crippen LogP contribution in [0.3, 0.4) is 0 Å². The molecule has 40 heavy (non-hydrogen) atoms. The lowest BCUT2D eigenvalue weighted by Crippen LogP contribution is -2.59. The summed E-state index contributed by atoms with van der Waals surface area (Å²) in [7, 11) is 0. The van der Waals surface area contributed by atoms with E-state index >= 15 is 0 Å². The van der Waals surface area contributed by atoms with Crippen LogP contribution in [-0.2, 0) is 0 Å². The Hall–Kier alpha value is -4.50. The molecule has 2 aromatic carbocycles. The molecule has 0 amide bonds. The summed E-state index contributed by atoms with van der Waals surface area (Å²) in [5.74, 6) is 0. The van der Waals surface area contributed by atoms with Crippen molar-refractivity contribution in [3.8, 4) is 11.3 Å². The quantitative estimate of drug-likeness (QED) is 0.106. The first-order chi connectivity index (χ1) is 19.1. The van der Waals surface area contributed by atoms with Gasteiger partial charge in [-0.25, -0.2) is 4.58 Å². The zero-order chi connectivity index (χ0) is 28.8. The van der Waals surface area contributed by atoms with Crippen molar-refractivity contribution in [3.05, 3.63) is 133 Å². The standard InChI is InChI=1S/C37H39N3/c1-10-29-28(6)40(34-23-16-15-19-30(29)34)27(5)25-26(4)37(8,36(7,11-2)38(9)12-3)35-32-21-14-13-20-31(32)33-22-17-18-24-39(33)35/h10-25,35H,2-3,5-6,9H2,1,4,7-8H3/q+2/b26-25+,29-10+. The number of benzene rings is 2. The van der Waals surface area contributed by atoms with Crippen LogP contribution in [0, 0.1) is 5.41 Å². The Morgan fingerprint density at radius 2 is 1.68 bits per heavy atom. The summed E-state index contributed by atoms with van der Waals surface area (Å²) in [5.41, 5.74) is 5.69. The van der Waals surface area contributed by atoms with Crippen LogP contribution in [-0.4, -0.2) is 21.4 Å². The molecule has 1 aliphatic heterocycles. The molecule has 0 radical (unpaired) electrons. The maximum atomic E-state index is 4.58. The molecule has 3 heteroatoms. The molecule has 3 nitrogen and oxygen atoms in total. The number of fused-ring (bicyclic) bond motifs is 4. The first-order valence-corrected chi connectivity index (χ1v) is 13.7. The lowest BCUT2D eigenvalue weighted by atomic mass is 9.60. The van der Waals surface area contributed by atoms with Crippen molar-refractivity contribution < 1.29 is 9.14 Å². The Balaban J connectivity index is 1.80. The highest BCUT2D eigenvalue weighted by Crippen LogP contribution is 2.54. The summed E-state index contributed by atoms with van der Waals surface area (Å²) in [5, 5.41) is 3.23. The highest BCUT2D eigenvalue weighted by Gasteiger charge is 2.62. The molecule has 0 spiro atoms. The largest absolute Gasteiger partial charge is 0.310 e. The average Bonchev–Trinajstić information content (AvgIpc) is 3.47. The number of pyridine rings is 1. The van der Waals surface area contributed by atoms with Gasteiger partial charge < -0.3 is 4.57 Å². The third kappa shape index (κ3) is 3.65. The van der Waals surface area contributed by atoms with E-state index in [1.54, 1.807) is 6.20 Å². The van der Waals surface area contributed by atoms with Gasteiger partial charge in [-0.1, -0.05) is 67.8 Å². The topological polar surface area (TPSA) is 11.8 Å². The van der Waals surface area contributed by atoms with Crippen LogP contribution in [0.15, 0.2) is 117 Å². The van der Waals surface area contributed by atoms with E-state index in [9.17, 15) is 0 Å². The third-order valence-corrected chi connectivity index (χ3v) is 9.31. The Morgan fingerprint density at radius 1 is 1.00 bits per heavy atom. The van der Waals surface area contributed by atoms with Crippen LogP contribution in [0.1, 0.15) is 39.3 Å². The van der Waals surface area contributed by atoms with E-state index in [-0.39, 0.29) is 6.04 Å². The highest BCUT2D eigenvalue weighted by atomic mass is 15.1.